The molecule has 6 nitrogen and oxygen atoms in total. The third-order valence-electron chi connectivity index (χ3n) is 6.98. The number of likely N-dealkylation sites (tertiary alicyclic amines) is 1. The fourth-order valence-electron chi connectivity index (χ4n) is 4.97. The normalized spacial score (nSPS) is 16.5. The first-order valence-electron chi connectivity index (χ1n) is 12.9. The van der Waals surface area contributed by atoms with Crippen molar-refractivity contribution in [3.63, 3.8) is 0 Å². The van der Waals surface area contributed by atoms with E-state index in [1.54, 1.807) is 20.4 Å². The van der Waals surface area contributed by atoms with Gasteiger partial charge in [0.25, 0.3) is 5.91 Å². The molecular weight excluding hydrogens is 448 g/mol. The number of hydrogen-bond acceptors (Lipinski definition) is 5. The maximum atomic E-state index is 13.4. The van der Waals surface area contributed by atoms with Gasteiger partial charge in [-0.05, 0) is 98.1 Å². The molecule has 6 heteroatoms. The summed E-state index contributed by atoms with van der Waals surface area (Å²) in [4.78, 5) is 20.0. The summed E-state index contributed by atoms with van der Waals surface area (Å²) in [5.41, 5.74) is 11.4. The standard InChI is InChI=1S/C30H42N4O2/c1-20(2)19-34-11-9-23(10-12-34)24-8-7-21(3)29(16-24)30(35)33-22(4)25-13-26(15-28(14-25)36-6)27(17-31)18-32-5/h7-8,13-18,20,22-23H,9-12,19,31H2,1-6H3,(H,33,35)/b27-17+,32-18?. The van der Waals surface area contributed by atoms with E-state index in [-0.39, 0.29) is 11.9 Å². The highest BCUT2D eigenvalue weighted by atomic mass is 16.5. The van der Waals surface area contributed by atoms with E-state index in [2.05, 4.69) is 47.3 Å². The molecule has 3 rings (SSSR count). The Bertz CT molecular complexity index is 1100. The number of benzene rings is 2. The van der Waals surface area contributed by atoms with Crippen molar-refractivity contribution < 1.29 is 9.53 Å². The highest BCUT2D eigenvalue weighted by molar-refractivity contribution is 6.09. The maximum Gasteiger partial charge on any atom is 0.252 e. The second kappa shape index (κ2) is 12.7. The molecule has 1 amide bonds. The van der Waals surface area contributed by atoms with Crippen molar-refractivity contribution in [1.82, 2.24) is 10.2 Å². The van der Waals surface area contributed by atoms with Gasteiger partial charge in [-0.25, -0.2) is 0 Å². The first kappa shape index (κ1) is 27.5. The molecule has 2 aromatic carbocycles. The quantitative estimate of drug-likeness (QED) is 0.466. The largest absolute Gasteiger partial charge is 0.497 e. The van der Waals surface area contributed by atoms with E-state index < -0.39 is 0 Å². The van der Waals surface area contributed by atoms with Gasteiger partial charge in [0.05, 0.1) is 13.2 Å². The van der Waals surface area contributed by atoms with Crippen LogP contribution in [0, 0.1) is 12.8 Å². The van der Waals surface area contributed by atoms with E-state index in [0.29, 0.717) is 17.6 Å². The van der Waals surface area contributed by atoms with Gasteiger partial charge in [0.1, 0.15) is 5.75 Å². The van der Waals surface area contributed by atoms with Gasteiger partial charge in [-0.2, -0.15) is 0 Å². The van der Waals surface area contributed by atoms with E-state index in [1.165, 1.54) is 11.8 Å². The minimum absolute atomic E-state index is 0.0619. The van der Waals surface area contributed by atoms with Crippen LogP contribution in [0.1, 0.15) is 78.2 Å². The Kier molecular flexibility index (Phi) is 9.71. The molecule has 0 aromatic heterocycles. The van der Waals surface area contributed by atoms with Crippen LogP contribution >= 0.6 is 0 Å². The van der Waals surface area contributed by atoms with Gasteiger partial charge >= 0.3 is 0 Å². The second-order valence-corrected chi connectivity index (χ2v) is 10.2. The zero-order valence-electron chi connectivity index (χ0n) is 22.7. The van der Waals surface area contributed by atoms with E-state index in [0.717, 1.165) is 60.3 Å². The first-order chi connectivity index (χ1) is 17.2. The SMILES string of the molecule is CN=C/C(=C\N)c1cc(OC)cc(C(C)NC(=O)c2cc(C3CCN(CC(C)C)CC3)ccc2C)c1. The van der Waals surface area contributed by atoms with Crippen LogP contribution in [0.2, 0.25) is 0 Å². The number of amides is 1. The zero-order valence-corrected chi connectivity index (χ0v) is 22.7. The average Bonchev–Trinajstić information content (AvgIpc) is 2.87. The molecule has 1 fully saturated rings. The summed E-state index contributed by atoms with van der Waals surface area (Å²) in [6.45, 7) is 11.9. The van der Waals surface area contributed by atoms with Gasteiger partial charge in [0.15, 0.2) is 0 Å². The number of aliphatic imine (C=N–C) groups is 1. The number of hydrogen-bond donors (Lipinski definition) is 2. The lowest BCUT2D eigenvalue weighted by atomic mass is 9.87. The average molecular weight is 491 g/mol. The molecule has 2 aromatic rings. The van der Waals surface area contributed by atoms with Crippen molar-refractivity contribution in [3.05, 3.63) is 70.4 Å². The molecule has 1 atom stereocenters. The van der Waals surface area contributed by atoms with Crippen LogP contribution < -0.4 is 15.8 Å². The van der Waals surface area contributed by atoms with Crippen molar-refractivity contribution >= 4 is 17.7 Å². The minimum Gasteiger partial charge on any atom is -0.497 e. The third kappa shape index (κ3) is 6.97. The Labute approximate surface area is 216 Å². The predicted octanol–water partition coefficient (Wildman–Crippen LogP) is 5.33. The van der Waals surface area contributed by atoms with Crippen LogP contribution in [-0.2, 0) is 0 Å². The number of carbonyl (C=O) groups excluding carboxylic acids is 1. The maximum absolute atomic E-state index is 13.4. The number of nitrogens with zero attached hydrogens (tertiary/aromatic N) is 2. The van der Waals surface area contributed by atoms with Crippen LogP contribution in [0.4, 0.5) is 0 Å². The highest BCUT2D eigenvalue weighted by Gasteiger charge is 2.23. The van der Waals surface area contributed by atoms with Crippen molar-refractivity contribution in [2.24, 2.45) is 16.6 Å². The Hall–Kier alpha value is -3.12. The number of piperidine rings is 1. The van der Waals surface area contributed by atoms with E-state index in [9.17, 15) is 4.79 Å². The summed E-state index contributed by atoms with van der Waals surface area (Å²) in [6.07, 6.45) is 5.51. The van der Waals surface area contributed by atoms with E-state index in [4.69, 9.17) is 10.5 Å². The van der Waals surface area contributed by atoms with Crippen LogP contribution in [0.5, 0.6) is 5.75 Å². The van der Waals surface area contributed by atoms with Gasteiger partial charge < -0.3 is 20.7 Å². The molecule has 1 saturated heterocycles. The van der Waals surface area contributed by atoms with Gasteiger partial charge in [0.2, 0.25) is 0 Å². The fourth-order valence-corrected chi connectivity index (χ4v) is 4.97. The molecule has 0 radical (unpaired) electrons. The van der Waals surface area contributed by atoms with Gasteiger partial charge in [-0.3, -0.25) is 9.79 Å². The summed E-state index contributed by atoms with van der Waals surface area (Å²) in [7, 11) is 3.34. The van der Waals surface area contributed by atoms with Gasteiger partial charge in [-0.1, -0.05) is 26.0 Å². The van der Waals surface area contributed by atoms with Crippen LogP contribution in [-0.4, -0.2) is 50.8 Å². The summed E-state index contributed by atoms with van der Waals surface area (Å²) < 4.78 is 5.51. The van der Waals surface area contributed by atoms with E-state index >= 15 is 0 Å². The highest BCUT2D eigenvalue weighted by Crippen LogP contribution is 2.30. The van der Waals surface area contributed by atoms with Crippen LogP contribution in [0.3, 0.4) is 0 Å². The number of carbonyl (C=O) groups is 1. The lowest BCUT2D eigenvalue weighted by molar-refractivity contribution is 0.0939. The molecule has 0 saturated carbocycles. The number of nitrogens with one attached hydrogen (secondary N) is 1. The fraction of sp³-hybridized carbons (Fsp3) is 0.467. The summed E-state index contributed by atoms with van der Waals surface area (Å²) in [5, 5.41) is 3.19. The van der Waals surface area contributed by atoms with Crippen LogP contribution in [0.15, 0.2) is 47.6 Å². The van der Waals surface area contributed by atoms with Crippen molar-refractivity contribution in [3.8, 4) is 5.75 Å². The minimum atomic E-state index is -0.216. The molecule has 1 aliphatic rings. The summed E-state index contributed by atoms with van der Waals surface area (Å²) in [5.74, 6) is 1.83. The molecule has 0 spiro atoms. The topological polar surface area (TPSA) is 80.0 Å². The second-order valence-electron chi connectivity index (χ2n) is 10.2. The molecule has 0 aliphatic carbocycles. The monoisotopic (exact) mass is 490 g/mol. The number of allylic oxidation sites excluding steroid dienone is 1. The molecule has 194 valence electrons. The predicted molar refractivity (Wildman–Crippen MR) is 150 cm³/mol. The Morgan fingerprint density at radius 3 is 2.53 bits per heavy atom. The van der Waals surface area contributed by atoms with Gasteiger partial charge in [0, 0.05) is 37.1 Å². The molecule has 1 aliphatic heterocycles. The Balaban J connectivity index is 1.76. The van der Waals surface area contributed by atoms with Crippen molar-refractivity contribution in [2.45, 2.75) is 52.5 Å². The lowest BCUT2D eigenvalue weighted by Gasteiger charge is -2.33. The number of aryl methyl sites for hydroxylation is 1. The Morgan fingerprint density at radius 1 is 1.19 bits per heavy atom. The molecule has 36 heavy (non-hydrogen) atoms. The smallest absolute Gasteiger partial charge is 0.252 e. The molecule has 0 bridgehead atoms. The molecule has 1 heterocycles. The molecular formula is C30H42N4O2. The third-order valence-corrected chi connectivity index (χ3v) is 6.98. The summed E-state index contributed by atoms with van der Waals surface area (Å²) >= 11 is 0. The summed E-state index contributed by atoms with van der Waals surface area (Å²) in [6, 6.07) is 12.0. The van der Waals surface area contributed by atoms with Gasteiger partial charge in [-0.15, -0.1) is 0 Å². The number of nitrogens with two attached hydrogens (primary N) is 1. The molecule has 3 N–H and O–H groups in total. The van der Waals surface area contributed by atoms with Crippen LogP contribution in [0.25, 0.3) is 5.57 Å². The number of methoxy groups -OCH3 is 1. The van der Waals surface area contributed by atoms with Crippen molar-refractivity contribution in [2.75, 3.05) is 33.8 Å². The Morgan fingerprint density at radius 2 is 1.92 bits per heavy atom. The number of rotatable bonds is 9. The van der Waals surface area contributed by atoms with Crippen molar-refractivity contribution in [1.29, 1.82) is 0 Å². The van der Waals surface area contributed by atoms with E-state index in [1.807, 2.05) is 32.0 Å². The lowest BCUT2D eigenvalue weighted by Crippen LogP contribution is -2.35. The molecule has 1 unspecified atom stereocenters. The number of ether oxygens (including phenoxy) is 1. The first-order valence-corrected chi connectivity index (χ1v) is 12.9. The zero-order chi connectivity index (χ0) is 26.2.